The highest BCUT2D eigenvalue weighted by atomic mass is 19.4. The molecule has 0 fully saturated rings. The minimum absolute atomic E-state index is 0.00618. The van der Waals surface area contributed by atoms with Gasteiger partial charge >= 0.3 is 12.1 Å². The Hall–Kier alpha value is -4.45. The molecule has 3 aromatic carbocycles. The van der Waals surface area contributed by atoms with Crippen LogP contribution in [0.5, 0.6) is 0 Å². The molecule has 0 bridgehead atoms. The van der Waals surface area contributed by atoms with Gasteiger partial charge in [-0.15, -0.1) is 0 Å². The van der Waals surface area contributed by atoms with E-state index in [1.807, 2.05) is 12.1 Å². The molecule has 0 aliphatic rings. The molecule has 0 N–H and O–H groups in total. The lowest BCUT2D eigenvalue weighted by molar-refractivity contribution is -0.145. The highest BCUT2D eigenvalue weighted by Gasteiger charge is 2.31. The summed E-state index contributed by atoms with van der Waals surface area (Å²) in [7, 11) is 0. The molecular formula is C27H20F3N3O3. The molecule has 0 radical (unpaired) electrons. The van der Waals surface area contributed by atoms with E-state index in [9.17, 15) is 22.8 Å². The molecule has 4 rings (SSSR count). The van der Waals surface area contributed by atoms with Crippen LogP contribution in [0.3, 0.4) is 0 Å². The maximum Gasteiger partial charge on any atom is 0.416 e. The largest absolute Gasteiger partial charge is 0.461 e. The van der Waals surface area contributed by atoms with Crippen molar-refractivity contribution in [2.45, 2.75) is 32.2 Å². The quantitative estimate of drug-likeness (QED) is 0.339. The van der Waals surface area contributed by atoms with Gasteiger partial charge in [-0.25, -0.2) is 4.98 Å². The van der Waals surface area contributed by atoms with Gasteiger partial charge in [-0.1, -0.05) is 48.5 Å². The van der Waals surface area contributed by atoms with E-state index in [1.165, 1.54) is 10.6 Å². The van der Waals surface area contributed by atoms with E-state index in [2.05, 4.69) is 4.98 Å². The first kappa shape index (κ1) is 24.7. The lowest BCUT2D eigenvalue weighted by Crippen LogP contribution is -2.27. The van der Waals surface area contributed by atoms with Gasteiger partial charge in [0.15, 0.2) is 0 Å². The van der Waals surface area contributed by atoms with Crippen molar-refractivity contribution in [3.8, 4) is 6.07 Å². The Labute approximate surface area is 204 Å². The molecule has 1 heterocycles. The molecule has 4 aromatic rings. The Morgan fingerprint density at radius 1 is 1.03 bits per heavy atom. The van der Waals surface area contributed by atoms with Crippen LogP contribution in [0, 0.1) is 11.3 Å². The number of esters is 1. The summed E-state index contributed by atoms with van der Waals surface area (Å²) in [5.74, 6) is -0.623. The Bertz CT molecular complexity index is 1510. The first-order valence-electron chi connectivity index (χ1n) is 11.0. The summed E-state index contributed by atoms with van der Waals surface area (Å²) in [6.45, 7) is 0.0212. The summed E-state index contributed by atoms with van der Waals surface area (Å²) in [4.78, 5) is 29.8. The number of carbonyl (C=O) groups excluding carboxylic acids is 1. The summed E-state index contributed by atoms with van der Waals surface area (Å²) >= 11 is 0. The number of halogens is 3. The summed E-state index contributed by atoms with van der Waals surface area (Å²) in [6.07, 6.45) is -4.88. The Morgan fingerprint density at radius 3 is 2.47 bits per heavy atom. The number of hydrogen-bond acceptors (Lipinski definition) is 5. The number of carbonyl (C=O) groups is 1. The van der Waals surface area contributed by atoms with Crippen molar-refractivity contribution in [1.29, 1.82) is 5.26 Å². The third-order valence-corrected chi connectivity index (χ3v) is 5.62. The molecule has 36 heavy (non-hydrogen) atoms. The van der Waals surface area contributed by atoms with Gasteiger partial charge in [-0.3, -0.25) is 9.59 Å². The van der Waals surface area contributed by atoms with Crippen LogP contribution in [0.1, 0.15) is 34.4 Å². The van der Waals surface area contributed by atoms with E-state index in [0.717, 1.165) is 17.7 Å². The third kappa shape index (κ3) is 5.61. The molecule has 0 aliphatic carbocycles. The SMILES string of the molecule is N#Cc1ccccc1COC(=O)CCc1nc2cc(C(F)(F)F)ccc2n(Cc2ccccc2)c1=O. The molecule has 9 heteroatoms. The monoisotopic (exact) mass is 491 g/mol. The van der Waals surface area contributed by atoms with Crippen LogP contribution in [0.15, 0.2) is 77.6 Å². The van der Waals surface area contributed by atoms with Crippen LogP contribution in [-0.2, 0) is 35.3 Å². The number of aryl methyl sites for hydroxylation is 1. The van der Waals surface area contributed by atoms with Crippen LogP contribution in [-0.4, -0.2) is 15.5 Å². The van der Waals surface area contributed by atoms with Crippen LogP contribution < -0.4 is 5.56 Å². The molecule has 0 amide bonds. The average molecular weight is 491 g/mol. The minimum atomic E-state index is -4.57. The lowest BCUT2D eigenvalue weighted by Gasteiger charge is -2.14. The number of ether oxygens (including phenoxy) is 1. The minimum Gasteiger partial charge on any atom is -0.461 e. The summed E-state index contributed by atoms with van der Waals surface area (Å²) < 4.78 is 46.5. The zero-order chi connectivity index (χ0) is 25.7. The molecule has 0 saturated carbocycles. The molecule has 6 nitrogen and oxygen atoms in total. The van der Waals surface area contributed by atoms with E-state index in [1.54, 1.807) is 48.5 Å². The molecule has 0 spiro atoms. The standard InChI is InChI=1S/C27H20F3N3O3/c28-27(29,30)21-10-12-24-23(14-21)32-22(26(35)33(24)16-18-6-2-1-3-7-18)11-13-25(34)36-17-20-9-5-4-8-19(20)15-31/h1-10,12,14H,11,13,16-17H2. The number of rotatable bonds is 7. The molecule has 1 aromatic heterocycles. The molecule has 182 valence electrons. The van der Waals surface area contributed by atoms with Gasteiger partial charge in [0, 0.05) is 12.0 Å². The predicted molar refractivity (Wildman–Crippen MR) is 126 cm³/mol. The van der Waals surface area contributed by atoms with Crippen molar-refractivity contribution in [2.75, 3.05) is 0 Å². The number of benzene rings is 3. The molecular weight excluding hydrogens is 471 g/mol. The topological polar surface area (TPSA) is 85.0 Å². The number of hydrogen-bond donors (Lipinski definition) is 0. The van der Waals surface area contributed by atoms with Crippen molar-refractivity contribution in [3.05, 3.63) is 111 Å². The van der Waals surface area contributed by atoms with Crippen LogP contribution in [0.2, 0.25) is 0 Å². The van der Waals surface area contributed by atoms with Gasteiger partial charge in [0.2, 0.25) is 0 Å². The van der Waals surface area contributed by atoms with Crippen molar-refractivity contribution in [2.24, 2.45) is 0 Å². The van der Waals surface area contributed by atoms with Gasteiger partial charge in [0.1, 0.15) is 12.3 Å². The third-order valence-electron chi connectivity index (χ3n) is 5.62. The average Bonchev–Trinajstić information content (AvgIpc) is 2.88. The second kappa shape index (κ2) is 10.4. The van der Waals surface area contributed by atoms with E-state index >= 15 is 0 Å². The molecule has 0 saturated heterocycles. The van der Waals surface area contributed by atoms with Crippen molar-refractivity contribution in [3.63, 3.8) is 0 Å². The summed E-state index contributed by atoms with van der Waals surface area (Å²) in [6, 6.07) is 20.8. The van der Waals surface area contributed by atoms with Gasteiger partial charge in [0.05, 0.1) is 41.2 Å². The van der Waals surface area contributed by atoms with E-state index in [0.29, 0.717) is 11.1 Å². The van der Waals surface area contributed by atoms with Crippen molar-refractivity contribution in [1.82, 2.24) is 9.55 Å². The second-order valence-corrected chi connectivity index (χ2v) is 8.07. The fraction of sp³-hybridized carbons (Fsp3) is 0.185. The Morgan fingerprint density at radius 2 is 1.75 bits per heavy atom. The van der Waals surface area contributed by atoms with Crippen molar-refractivity contribution < 1.29 is 22.7 Å². The fourth-order valence-corrected chi connectivity index (χ4v) is 3.77. The second-order valence-electron chi connectivity index (χ2n) is 8.07. The van der Waals surface area contributed by atoms with Gasteiger partial charge in [-0.05, 0) is 29.8 Å². The first-order chi connectivity index (χ1) is 17.3. The fourth-order valence-electron chi connectivity index (χ4n) is 3.77. The van der Waals surface area contributed by atoms with E-state index in [4.69, 9.17) is 10.00 Å². The summed E-state index contributed by atoms with van der Waals surface area (Å²) in [5.41, 5.74) is 0.569. The van der Waals surface area contributed by atoms with E-state index < -0.39 is 23.3 Å². The van der Waals surface area contributed by atoms with Crippen LogP contribution in [0.25, 0.3) is 11.0 Å². The first-order valence-corrected chi connectivity index (χ1v) is 11.0. The lowest BCUT2D eigenvalue weighted by atomic mass is 10.1. The van der Waals surface area contributed by atoms with Gasteiger partial charge < -0.3 is 9.30 Å². The number of nitriles is 1. The number of nitrogens with zero attached hydrogens (tertiary/aromatic N) is 3. The zero-order valence-electron chi connectivity index (χ0n) is 19.0. The maximum absolute atomic E-state index is 13.3. The van der Waals surface area contributed by atoms with Gasteiger partial charge in [0.25, 0.3) is 5.56 Å². The highest BCUT2D eigenvalue weighted by Crippen LogP contribution is 2.31. The van der Waals surface area contributed by atoms with Crippen LogP contribution in [0.4, 0.5) is 13.2 Å². The number of aromatic nitrogens is 2. The predicted octanol–water partition coefficient (Wildman–Crippen LogP) is 5.01. The normalized spacial score (nSPS) is 11.3. The Balaban J connectivity index is 1.61. The van der Waals surface area contributed by atoms with E-state index in [-0.39, 0.29) is 42.7 Å². The molecule has 0 aliphatic heterocycles. The number of fused-ring (bicyclic) bond motifs is 1. The van der Waals surface area contributed by atoms with Crippen LogP contribution >= 0.6 is 0 Å². The highest BCUT2D eigenvalue weighted by molar-refractivity contribution is 5.76. The smallest absolute Gasteiger partial charge is 0.416 e. The zero-order valence-corrected chi connectivity index (χ0v) is 19.0. The molecule has 0 unspecified atom stereocenters. The Kier molecular flexibility index (Phi) is 7.15. The van der Waals surface area contributed by atoms with Gasteiger partial charge in [-0.2, -0.15) is 18.4 Å². The molecule has 0 atom stereocenters. The summed E-state index contributed by atoms with van der Waals surface area (Å²) in [5, 5.41) is 9.15. The maximum atomic E-state index is 13.3. The number of alkyl halides is 3. The van der Waals surface area contributed by atoms with Crippen molar-refractivity contribution >= 4 is 17.0 Å².